The maximum atomic E-state index is 12.8. The van der Waals surface area contributed by atoms with Gasteiger partial charge in [0.2, 0.25) is 5.91 Å². The maximum absolute atomic E-state index is 12.8. The summed E-state index contributed by atoms with van der Waals surface area (Å²) in [5.74, 6) is -2.40. The highest BCUT2D eigenvalue weighted by Gasteiger charge is 2.41. The lowest BCUT2D eigenvalue weighted by atomic mass is 10.1. The summed E-state index contributed by atoms with van der Waals surface area (Å²) >= 11 is 0. The third kappa shape index (κ3) is 4.79. The van der Waals surface area contributed by atoms with Crippen molar-refractivity contribution in [3.05, 3.63) is 70.8 Å². The van der Waals surface area contributed by atoms with Gasteiger partial charge in [-0.3, -0.25) is 24.1 Å². The topological polar surface area (TPSA) is 86.8 Å². The average molecular weight is 447 g/mol. The van der Waals surface area contributed by atoms with Gasteiger partial charge >= 0.3 is 6.18 Å². The predicted octanol–water partition coefficient (Wildman–Crippen LogP) is 2.62. The quantitative estimate of drug-likeness (QED) is 0.690. The molecule has 0 radical (unpaired) electrons. The van der Waals surface area contributed by atoms with Gasteiger partial charge in [0.15, 0.2) is 0 Å². The molecule has 10 heteroatoms. The summed E-state index contributed by atoms with van der Waals surface area (Å²) in [6.45, 7) is 0.145. The molecule has 1 unspecified atom stereocenters. The third-order valence-electron chi connectivity index (χ3n) is 5.03. The fourth-order valence-corrected chi connectivity index (χ4v) is 3.38. The Balaban J connectivity index is 1.63. The van der Waals surface area contributed by atoms with Crippen LogP contribution in [0.1, 0.15) is 43.6 Å². The molecular weight excluding hydrogens is 427 g/mol. The number of likely N-dealkylation sites (N-methyl/N-ethyl adjacent to an activating group) is 1. The first kappa shape index (κ1) is 23.0. The number of carbonyl (C=O) groups is 4. The maximum Gasteiger partial charge on any atom is 0.405 e. The number of hydrogen-bond acceptors (Lipinski definition) is 4. The van der Waals surface area contributed by atoms with Crippen LogP contribution < -0.4 is 5.32 Å². The number of nitrogens with one attached hydrogen (secondary N) is 1. The number of hydrogen-bond donors (Lipinski definition) is 1. The summed E-state index contributed by atoms with van der Waals surface area (Å²) in [5.41, 5.74) is 1.16. The van der Waals surface area contributed by atoms with Crippen LogP contribution in [0.25, 0.3) is 0 Å². The Morgan fingerprint density at radius 2 is 1.53 bits per heavy atom. The first-order chi connectivity index (χ1) is 15.0. The lowest BCUT2D eigenvalue weighted by molar-refractivity contribution is -0.134. The standard InChI is InChI=1S/C22H20F3N3O4/c1-13(28-20(31)16-5-3-4-6-17(16)21(28)32)19(30)27(2)11-14-7-9-15(10-8-14)18(29)26-12-22(23,24)25/h3-10,13H,11-12H2,1-2H3,(H,26,29). The van der Waals surface area contributed by atoms with Gasteiger partial charge in [-0.15, -0.1) is 0 Å². The first-order valence-corrected chi connectivity index (χ1v) is 9.65. The van der Waals surface area contributed by atoms with E-state index >= 15 is 0 Å². The molecule has 0 aliphatic carbocycles. The summed E-state index contributed by atoms with van der Waals surface area (Å²) < 4.78 is 36.7. The second-order valence-corrected chi connectivity index (χ2v) is 7.39. The number of nitrogens with zero attached hydrogens (tertiary/aromatic N) is 2. The van der Waals surface area contributed by atoms with Crippen LogP contribution in [-0.4, -0.2) is 59.2 Å². The predicted molar refractivity (Wildman–Crippen MR) is 108 cm³/mol. The lowest BCUT2D eigenvalue weighted by Gasteiger charge is -2.26. The Labute approximate surface area is 181 Å². The van der Waals surface area contributed by atoms with Crippen LogP contribution in [0, 0.1) is 0 Å². The van der Waals surface area contributed by atoms with Crippen molar-refractivity contribution in [2.45, 2.75) is 25.7 Å². The minimum absolute atomic E-state index is 0.0476. The van der Waals surface area contributed by atoms with E-state index in [0.717, 1.165) is 4.90 Å². The molecule has 0 saturated carbocycles. The van der Waals surface area contributed by atoms with E-state index in [1.54, 1.807) is 17.4 Å². The molecule has 2 aromatic rings. The lowest BCUT2D eigenvalue weighted by Crippen LogP contribution is -2.48. The summed E-state index contributed by atoms with van der Waals surface area (Å²) in [7, 11) is 1.50. The molecule has 168 valence electrons. The van der Waals surface area contributed by atoms with Crippen molar-refractivity contribution in [3.63, 3.8) is 0 Å². The number of amides is 4. The molecule has 32 heavy (non-hydrogen) atoms. The molecular formula is C22H20F3N3O4. The Morgan fingerprint density at radius 3 is 2.03 bits per heavy atom. The van der Waals surface area contributed by atoms with E-state index in [4.69, 9.17) is 0 Å². The van der Waals surface area contributed by atoms with E-state index in [0.29, 0.717) is 5.56 Å². The van der Waals surface area contributed by atoms with Crippen LogP contribution in [0.2, 0.25) is 0 Å². The smallest absolute Gasteiger partial charge is 0.343 e. The molecule has 4 amide bonds. The highest BCUT2D eigenvalue weighted by molar-refractivity contribution is 6.22. The van der Waals surface area contributed by atoms with Crippen LogP contribution in [0.3, 0.4) is 0 Å². The fraction of sp³-hybridized carbons (Fsp3) is 0.273. The Kier molecular flexibility index (Phi) is 6.33. The largest absolute Gasteiger partial charge is 0.405 e. The minimum atomic E-state index is -4.51. The van der Waals surface area contributed by atoms with E-state index in [-0.39, 0.29) is 23.2 Å². The van der Waals surface area contributed by atoms with E-state index in [2.05, 4.69) is 0 Å². The third-order valence-corrected chi connectivity index (χ3v) is 5.03. The molecule has 0 bridgehead atoms. The van der Waals surface area contributed by atoms with Crippen molar-refractivity contribution in [2.75, 3.05) is 13.6 Å². The van der Waals surface area contributed by atoms with E-state index < -0.39 is 42.4 Å². The minimum Gasteiger partial charge on any atom is -0.343 e. The van der Waals surface area contributed by atoms with Crippen molar-refractivity contribution < 1.29 is 32.3 Å². The number of imide groups is 1. The second-order valence-electron chi connectivity index (χ2n) is 7.39. The summed E-state index contributed by atoms with van der Waals surface area (Å²) in [6.07, 6.45) is -4.51. The van der Waals surface area contributed by atoms with Gasteiger partial charge in [0.05, 0.1) is 11.1 Å². The number of alkyl halides is 3. The van der Waals surface area contributed by atoms with Crippen LogP contribution in [-0.2, 0) is 11.3 Å². The van der Waals surface area contributed by atoms with Gasteiger partial charge in [-0.05, 0) is 36.8 Å². The normalized spacial score (nSPS) is 14.2. The molecule has 0 fully saturated rings. The van der Waals surface area contributed by atoms with Crippen molar-refractivity contribution in [1.82, 2.24) is 15.1 Å². The summed E-state index contributed by atoms with van der Waals surface area (Å²) in [6, 6.07) is 11.0. The van der Waals surface area contributed by atoms with Gasteiger partial charge in [-0.1, -0.05) is 24.3 Å². The van der Waals surface area contributed by atoms with Gasteiger partial charge in [-0.25, -0.2) is 0 Å². The molecule has 1 heterocycles. The summed E-state index contributed by atoms with van der Waals surface area (Å²) in [5, 5.41) is 1.78. The van der Waals surface area contributed by atoms with Crippen molar-refractivity contribution in [2.24, 2.45) is 0 Å². The molecule has 7 nitrogen and oxygen atoms in total. The number of rotatable bonds is 6. The van der Waals surface area contributed by atoms with Crippen LogP contribution in [0.4, 0.5) is 13.2 Å². The summed E-state index contributed by atoms with van der Waals surface area (Å²) in [4.78, 5) is 52.0. The monoisotopic (exact) mass is 447 g/mol. The molecule has 1 N–H and O–H groups in total. The van der Waals surface area contributed by atoms with Gasteiger partial charge < -0.3 is 10.2 Å². The van der Waals surface area contributed by atoms with E-state index in [9.17, 15) is 32.3 Å². The van der Waals surface area contributed by atoms with Crippen LogP contribution >= 0.6 is 0 Å². The first-order valence-electron chi connectivity index (χ1n) is 9.65. The number of carbonyl (C=O) groups excluding carboxylic acids is 4. The van der Waals surface area contributed by atoms with Crippen LogP contribution in [0.15, 0.2) is 48.5 Å². The van der Waals surface area contributed by atoms with Crippen molar-refractivity contribution in [3.8, 4) is 0 Å². The van der Waals surface area contributed by atoms with E-state index in [1.165, 1.54) is 55.3 Å². The molecule has 3 rings (SSSR count). The molecule has 1 atom stereocenters. The second kappa shape index (κ2) is 8.81. The SMILES string of the molecule is CC(C(=O)N(C)Cc1ccc(C(=O)NCC(F)(F)F)cc1)N1C(=O)c2ccccc2C1=O. The van der Waals surface area contributed by atoms with Crippen molar-refractivity contribution >= 4 is 23.6 Å². The number of fused-ring (bicyclic) bond motifs is 1. The van der Waals surface area contributed by atoms with Gasteiger partial charge in [0, 0.05) is 19.2 Å². The molecule has 1 aliphatic rings. The zero-order valence-corrected chi connectivity index (χ0v) is 17.3. The Hall–Kier alpha value is -3.69. The molecule has 1 aliphatic heterocycles. The number of benzene rings is 2. The molecule has 0 aromatic heterocycles. The zero-order valence-electron chi connectivity index (χ0n) is 17.3. The van der Waals surface area contributed by atoms with Gasteiger partial charge in [0.25, 0.3) is 17.7 Å². The Bertz CT molecular complexity index is 1030. The van der Waals surface area contributed by atoms with Crippen LogP contribution in [0.5, 0.6) is 0 Å². The highest BCUT2D eigenvalue weighted by atomic mass is 19.4. The van der Waals surface area contributed by atoms with Crippen molar-refractivity contribution in [1.29, 1.82) is 0 Å². The highest BCUT2D eigenvalue weighted by Crippen LogP contribution is 2.25. The fourth-order valence-electron chi connectivity index (χ4n) is 3.38. The molecule has 2 aromatic carbocycles. The zero-order chi connectivity index (χ0) is 23.6. The number of halogens is 3. The van der Waals surface area contributed by atoms with E-state index in [1.807, 2.05) is 0 Å². The van der Waals surface area contributed by atoms with Gasteiger partial charge in [0.1, 0.15) is 12.6 Å². The molecule has 0 saturated heterocycles. The molecule has 0 spiro atoms. The Morgan fingerprint density at radius 1 is 1.00 bits per heavy atom. The van der Waals surface area contributed by atoms with Gasteiger partial charge in [-0.2, -0.15) is 13.2 Å². The average Bonchev–Trinajstić information content (AvgIpc) is 3.01.